The summed E-state index contributed by atoms with van der Waals surface area (Å²) in [6.45, 7) is 4.87. The van der Waals surface area contributed by atoms with Crippen LogP contribution in [-0.2, 0) is 11.3 Å². The molecule has 0 bridgehead atoms. The summed E-state index contributed by atoms with van der Waals surface area (Å²) in [5, 5.41) is 4.77. The Kier molecular flexibility index (Phi) is 4.18. The SMILES string of the molecule is COCC(C)CNCc1c[nH]c2ccccc12. The fraction of sp³-hybridized carbons (Fsp3) is 0.429. The van der Waals surface area contributed by atoms with Gasteiger partial charge in [0.05, 0.1) is 0 Å². The zero-order valence-corrected chi connectivity index (χ0v) is 10.5. The number of nitrogens with one attached hydrogen (secondary N) is 2. The van der Waals surface area contributed by atoms with Gasteiger partial charge in [-0.1, -0.05) is 25.1 Å². The van der Waals surface area contributed by atoms with Crippen LogP contribution in [0.15, 0.2) is 30.5 Å². The lowest BCUT2D eigenvalue weighted by Crippen LogP contribution is -2.23. The smallest absolute Gasteiger partial charge is 0.0499 e. The molecule has 1 aromatic heterocycles. The van der Waals surface area contributed by atoms with E-state index in [4.69, 9.17) is 4.74 Å². The number of methoxy groups -OCH3 is 1. The average Bonchev–Trinajstić information content (AvgIpc) is 2.73. The molecule has 92 valence electrons. The van der Waals surface area contributed by atoms with Crippen molar-refractivity contribution in [1.29, 1.82) is 0 Å². The Bertz CT molecular complexity index is 464. The van der Waals surface area contributed by atoms with Gasteiger partial charge in [0.15, 0.2) is 0 Å². The quantitative estimate of drug-likeness (QED) is 0.803. The Balaban J connectivity index is 1.91. The molecule has 3 heteroatoms. The molecule has 0 aliphatic carbocycles. The number of aromatic nitrogens is 1. The molecule has 1 heterocycles. The van der Waals surface area contributed by atoms with Crippen LogP contribution in [0.4, 0.5) is 0 Å². The van der Waals surface area contributed by atoms with Crippen molar-refractivity contribution in [3.63, 3.8) is 0 Å². The second-order valence-corrected chi connectivity index (χ2v) is 4.55. The van der Waals surface area contributed by atoms with Crippen molar-refractivity contribution in [3.05, 3.63) is 36.0 Å². The summed E-state index contributed by atoms with van der Waals surface area (Å²) in [6, 6.07) is 8.39. The summed E-state index contributed by atoms with van der Waals surface area (Å²) in [6.07, 6.45) is 2.08. The summed E-state index contributed by atoms with van der Waals surface area (Å²) in [4.78, 5) is 3.29. The number of para-hydroxylation sites is 1. The number of aromatic amines is 1. The minimum atomic E-state index is 0.546. The monoisotopic (exact) mass is 232 g/mol. The molecule has 1 atom stereocenters. The molecule has 0 saturated heterocycles. The first-order valence-corrected chi connectivity index (χ1v) is 6.06. The van der Waals surface area contributed by atoms with Crippen LogP contribution in [0.5, 0.6) is 0 Å². The molecule has 0 aliphatic heterocycles. The van der Waals surface area contributed by atoms with E-state index in [2.05, 4.69) is 47.7 Å². The van der Waals surface area contributed by atoms with E-state index < -0.39 is 0 Å². The Labute approximate surface area is 102 Å². The van der Waals surface area contributed by atoms with Gasteiger partial charge >= 0.3 is 0 Å². The van der Waals surface area contributed by atoms with E-state index in [0.717, 1.165) is 19.7 Å². The molecule has 2 N–H and O–H groups in total. The molecule has 0 radical (unpaired) electrons. The van der Waals surface area contributed by atoms with E-state index in [1.54, 1.807) is 7.11 Å². The van der Waals surface area contributed by atoms with Gasteiger partial charge in [0.1, 0.15) is 0 Å². The van der Waals surface area contributed by atoms with Crippen molar-refractivity contribution < 1.29 is 4.74 Å². The summed E-state index contributed by atoms with van der Waals surface area (Å²) in [5.41, 5.74) is 2.53. The zero-order chi connectivity index (χ0) is 12.1. The van der Waals surface area contributed by atoms with Gasteiger partial charge in [0.2, 0.25) is 0 Å². The third-order valence-electron chi connectivity index (χ3n) is 2.93. The minimum absolute atomic E-state index is 0.546. The third kappa shape index (κ3) is 3.08. The van der Waals surface area contributed by atoms with Gasteiger partial charge in [-0.25, -0.2) is 0 Å². The highest BCUT2D eigenvalue weighted by Gasteiger charge is 2.04. The lowest BCUT2D eigenvalue weighted by atomic mass is 10.1. The normalized spacial score (nSPS) is 13.1. The molecule has 0 amide bonds. The maximum atomic E-state index is 5.12. The van der Waals surface area contributed by atoms with Gasteiger partial charge < -0.3 is 15.0 Å². The number of benzene rings is 1. The average molecular weight is 232 g/mol. The summed E-state index contributed by atoms with van der Waals surface area (Å²) < 4.78 is 5.12. The van der Waals surface area contributed by atoms with Gasteiger partial charge in [0, 0.05) is 43.9 Å². The van der Waals surface area contributed by atoms with Crippen LogP contribution >= 0.6 is 0 Å². The van der Waals surface area contributed by atoms with Crippen molar-refractivity contribution in [2.24, 2.45) is 5.92 Å². The van der Waals surface area contributed by atoms with Crippen LogP contribution in [0.1, 0.15) is 12.5 Å². The zero-order valence-electron chi connectivity index (χ0n) is 10.5. The van der Waals surface area contributed by atoms with E-state index in [0.29, 0.717) is 5.92 Å². The lowest BCUT2D eigenvalue weighted by molar-refractivity contribution is 0.158. The number of hydrogen-bond donors (Lipinski definition) is 2. The lowest BCUT2D eigenvalue weighted by Gasteiger charge is -2.10. The molecular formula is C14H20N2O. The number of hydrogen-bond acceptors (Lipinski definition) is 2. The number of ether oxygens (including phenoxy) is 1. The van der Waals surface area contributed by atoms with E-state index in [1.807, 2.05) is 0 Å². The maximum absolute atomic E-state index is 5.12. The Morgan fingerprint density at radius 1 is 1.35 bits per heavy atom. The topological polar surface area (TPSA) is 37.0 Å². The molecular weight excluding hydrogens is 212 g/mol. The molecule has 0 fully saturated rings. The van der Waals surface area contributed by atoms with Crippen LogP contribution in [0.25, 0.3) is 10.9 Å². The van der Waals surface area contributed by atoms with E-state index in [-0.39, 0.29) is 0 Å². The summed E-state index contributed by atoms with van der Waals surface area (Å²) in [7, 11) is 1.75. The minimum Gasteiger partial charge on any atom is -0.384 e. The van der Waals surface area contributed by atoms with Crippen LogP contribution in [0, 0.1) is 5.92 Å². The van der Waals surface area contributed by atoms with Crippen LogP contribution in [0.3, 0.4) is 0 Å². The molecule has 0 aliphatic rings. The van der Waals surface area contributed by atoms with Crippen LogP contribution < -0.4 is 5.32 Å². The summed E-state index contributed by atoms with van der Waals surface area (Å²) in [5.74, 6) is 0.546. The first-order valence-electron chi connectivity index (χ1n) is 6.06. The fourth-order valence-corrected chi connectivity index (χ4v) is 2.07. The molecule has 17 heavy (non-hydrogen) atoms. The Hall–Kier alpha value is -1.32. The van der Waals surface area contributed by atoms with Crippen molar-refractivity contribution >= 4 is 10.9 Å². The highest BCUT2D eigenvalue weighted by molar-refractivity contribution is 5.82. The van der Waals surface area contributed by atoms with Crippen molar-refractivity contribution in [2.45, 2.75) is 13.5 Å². The molecule has 0 saturated carbocycles. The molecule has 2 rings (SSSR count). The van der Waals surface area contributed by atoms with Gasteiger partial charge in [-0.3, -0.25) is 0 Å². The Morgan fingerprint density at radius 2 is 2.18 bits per heavy atom. The highest BCUT2D eigenvalue weighted by atomic mass is 16.5. The Morgan fingerprint density at radius 3 is 3.00 bits per heavy atom. The maximum Gasteiger partial charge on any atom is 0.0499 e. The first-order chi connectivity index (χ1) is 8.31. The number of H-pyrrole nitrogens is 1. The molecule has 1 unspecified atom stereocenters. The van der Waals surface area contributed by atoms with Crippen molar-refractivity contribution in [3.8, 4) is 0 Å². The predicted octanol–water partition coefficient (Wildman–Crippen LogP) is 2.54. The van der Waals surface area contributed by atoms with E-state index in [1.165, 1.54) is 16.5 Å². The standard InChI is InChI=1S/C14H20N2O/c1-11(10-17-2)7-15-8-12-9-16-14-6-4-3-5-13(12)14/h3-6,9,11,15-16H,7-8,10H2,1-2H3. The summed E-state index contributed by atoms with van der Waals surface area (Å²) >= 11 is 0. The molecule has 0 spiro atoms. The first kappa shape index (κ1) is 12.1. The predicted molar refractivity (Wildman–Crippen MR) is 71.0 cm³/mol. The van der Waals surface area contributed by atoms with Gasteiger partial charge in [0.25, 0.3) is 0 Å². The van der Waals surface area contributed by atoms with Crippen molar-refractivity contribution in [2.75, 3.05) is 20.3 Å². The third-order valence-corrected chi connectivity index (χ3v) is 2.93. The highest BCUT2D eigenvalue weighted by Crippen LogP contribution is 2.17. The van der Waals surface area contributed by atoms with Gasteiger partial charge in [-0.2, -0.15) is 0 Å². The fourth-order valence-electron chi connectivity index (χ4n) is 2.07. The van der Waals surface area contributed by atoms with E-state index in [9.17, 15) is 0 Å². The largest absolute Gasteiger partial charge is 0.384 e. The molecule has 3 nitrogen and oxygen atoms in total. The van der Waals surface area contributed by atoms with Gasteiger partial charge in [-0.15, -0.1) is 0 Å². The second-order valence-electron chi connectivity index (χ2n) is 4.55. The molecule has 2 aromatic rings. The second kappa shape index (κ2) is 5.84. The number of rotatable bonds is 6. The van der Waals surface area contributed by atoms with Crippen LogP contribution in [-0.4, -0.2) is 25.2 Å². The van der Waals surface area contributed by atoms with Crippen molar-refractivity contribution in [1.82, 2.24) is 10.3 Å². The molecule has 1 aromatic carbocycles. The van der Waals surface area contributed by atoms with Crippen LogP contribution in [0.2, 0.25) is 0 Å². The van der Waals surface area contributed by atoms with E-state index >= 15 is 0 Å². The van der Waals surface area contributed by atoms with Gasteiger partial charge in [-0.05, 0) is 17.5 Å². The number of fused-ring (bicyclic) bond motifs is 1.